The molecule has 7 nitrogen and oxygen atoms in total. The van der Waals surface area contributed by atoms with E-state index in [0.717, 1.165) is 43.6 Å². The molecule has 1 saturated heterocycles. The monoisotopic (exact) mass is 637 g/mol. The van der Waals surface area contributed by atoms with E-state index in [1.54, 1.807) is 6.07 Å². The van der Waals surface area contributed by atoms with Crippen molar-refractivity contribution >= 4 is 68.1 Å². The molecular weight excluding hydrogens is 617 g/mol. The summed E-state index contributed by atoms with van der Waals surface area (Å²) < 4.78 is 15.8. The maximum absolute atomic E-state index is 13.9. The first-order valence-corrected chi connectivity index (χ1v) is 14.9. The number of thioether (sulfide) groups is 1. The molecule has 2 aliphatic heterocycles. The number of nitrogens with one attached hydrogen (secondary N) is 1. The largest absolute Gasteiger partial charge is 0.325 e. The van der Waals surface area contributed by atoms with Crippen LogP contribution >= 0.6 is 39.0 Å². The van der Waals surface area contributed by atoms with Crippen LogP contribution in [0.3, 0.4) is 0 Å². The Hall–Kier alpha value is -3.54. The smallest absolute Gasteiger partial charge is 0.308 e. The molecule has 0 spiro atoms. The van der Waals surface area contributed by atoms with Crippen LogP contribution in [-0.4, -0.2) is 27.5 Å². The normalized spacial score (nSPS) is 19.9. The maximum Gasteiger partial charge on any atom is 0.308 e. The van der Waals surface area contributed by atoms with E-state index >= 15 is 0 Å². The molecule has 1 fully saturated rings. The van der Waals surface area contributed by atoms with Gasteiger partial charge in [-0.3, -0.25) is 23.7 Å². The van der Waals surface area contributed by atoms with Gasteiger partial charge in [-0.25, -0.2) is 9.29 Å². The highest BCUT2D eigenvalue weighted by Gasteiger charge is 2.56. The Labute approximate surface area is 245 Å². The van der Waals surface area contributed by atoms with Gasteiger partial charge in [-0.2, -0.15) is 0 Å². The highest BCUT2D eigenvalue weighted by Crippen LogP contribution is 2.54. The SMILES string of the molecule is Cc1cccc(NC(=O)Cn2c3c(sc2=O)[C@@H](c2cccc(Br)c2)[C@@H]2C(=O)N(c4ccc(F)cc4)C(=O)[C@@H]2S3)c1. The van der Waals surface area contributed by atoms with E-state index in [0.29, 0.717) is 15.6 Å². The molecule has 3 atom stereocenters. The highest BCUT2D eigenvalue weighted by atomic mass is 79.9. The number of nitrogens with zero attached hydrogens (tertiary/aromatic N) is 2. The lowest BCUT2D eigenvalue weighted by atomic mass is 9.83. The first-order chi connectivity index (χ1) is 19.2. The van der Waals surface area contributed by atoms with Crippen molar-refractivity contribution in [1.29, 1.82) is 0 Å². The van der Waals surface area contributed by atoms with Gasteiger partial charge >= 0.3 is 4.87 Å². The number of anilines is 2. The molecule has 202 valence electrons. The Balaban J connectivity index is 1.41. The van der Waals surface area contributed by atoms with Crippen LogP contribution in [0.15, 0.2) is 87.1 Å². The van der Waals surface area contributed by atoms with Crippen LogP contribution in [0.25, 0.3) is 0 Å². The van der Waals surface area contributed by atoms with Crippen molar-refractivity contribution in [1.82, 2.24) is 4.57 Å². The fourth-order valence-electron chi connectivity index (χ4n) is 5.23. The van der Waals surface area contributed by atoms with Gasteiger partial charge in [0.15, 0.2) is 0 Å². The third kappa shape index (κ3) is 4.71. The summed E-state index contributed by atoms with van der Waals surface area (Å²) in [7, 11) is 0. The first-order valence-electron chi connectivity index (χ1n) is 12.4. The molecule has 3 heterocycles. The number of aryl methyl sites for hydroxylation is 1. The van der Waals surface area contributed by atoms with Crippen LogP contribution in [0.5, 0.6) is 0 Å². The van der Waals surface area contributed by atoms with Crippen molar-refractivity contribution in [2.24, 2.45) is 5.92 Å². The van der Waals surface area contributed by atoms with E-state index in [9.17, 15) is 23.6 Å². The van der Waals surface area contributed by atoms with Crippen molar-refractivity contribution in [3.8, 4) is 0 Å². The van der Waals surface area contributed by atoms with Crippen molar-refractivity contribution in [3.63, 3.8) is 0 Å². The minimum absolute atomic E-state index is 0.238. The number of benzene rings is 3. The van der Waals surface area contributed by atoms with Gasteiger partial charge in [-0.05, 0) is 66.6 Å². The van der Waals surface area contributed by atoms with E-state index in [2.05, 4.69) is 21.2 Å². The summed E-state index contributed by atoms with van der Waals surface area (Å²) in [6.45, 7) is 1.68. The Morgan fingerprint density at radius 2 is 1.75 bits per heavy atom. The van der Waals surface area contributed by atoms with Gasteiger partial charge in [0.05, 0.1) is 16.6 Å². The summed E-state index contributed by atoms with van der Waals surface area (Å²) in [6.07, 6.45) is 0. The average Bonchev–Trinajstić information content (AvgIpc) is 3.35. The summed E-state index contributed by atoms with van der Waals surface area (Å²) in [5.74, 6) is -3.06. The molecule has 11 heteroatoms. The van der Waals surface area contributed by atoms with E-state index < -0.39 is 34.7 Å². The number of fused-ring (bicyclic) bond motifs is 2. The third-order valence-corrected chi connectivity index (χ3v) is 10.0. The van der Waals surface area contributed by atoms with Crippen molar-refractivity contribution < 1.29 is 18.8 Å². The van der Waals surface area contributed by atoms with Crippen LogP contribution in [0, 0.1) is 18.7 Å². The second-order valence-electron chi connectivity index (χ2n) is 9.63. The van der Waals surface area contributed by atoms with Gasteiger partial charge in [0.1, 0.15) is 17.6 Å². The zero-order chi connectivity index (χ0) is 28.1. The van der Waals surface area contributed by atoms with Gasteiger partial charge < -0.3 is 5.32 Å². The van der Waals surface area contributed by atoms with E-state index in [4.69, 9.17) is 0 Å². The lowest BCUT2D eigenvalue weighted by Crippen LogP contribution is -2.33. The molecule has 0 aliphatic carbocycles. The second kappa shape index (κ2) is 10.5. The topological polar surface area (TPSA) is 88.5 Å². The van der Waals surface area contributed by atoms with Crippen LogP contribution in [-0.2, 0) is 20.9 Å². The van der Waals surface area contributed by atoms with Crippen molar-refractivity contribution in [2.75, 3.05) is 10.2 Å². The Morgan fingerprint density at radius 1 is 1.00 bits per heavy atom. The molecule has 1 aromatic heterocycles. The van der Waals surface area contributed by atoms with Crippen LogP contribution in [0.4, 0.5) is 15.8 Å². The molecule has 40 heavy (non-hydrogen) atoms. The third-order valence-electron chi connectivity index (χ3n) is 6.95. The maximum atomic E-state index is 13.9. The van der Waals surface area contributed by atoms with E-state index in [1.165, 1.54) is 28.8 Å². The number of hydrogen-bond donors (Lipinski definition) is 1. The number of amides is 3. The molecule has 1 N–H and O–H groups in total. The summed E-state index contributed by atoms with van der Waals surface area (Å²) in [4.78, 5) is 55.2. The van der Waals surface area contributed by atoms with Gasteiger partial charge in [-0.1, -0.05) is 63.3 Å². The quantitative estimate of drug-likeness (QED) is 0.290. The number of halogens is 2. The lowest BCUT2D eigenvalue weighted by molar-refractivity contribution is -0.122. The van der Waals surface area contributed by atoms with Crippen molar-refractivity contribution in [3.05, 3.63) is 109 Å². The van der Waals surface area contributed by atoms with Gasteiger partial charge in [0.25, 0.3) is 0 Å². The molecule has 3 amide bonds. The van der Waals surface area contributed by atoms with Crippen LogP contribution in [0.2, 0.25) is 0 Å². The number of carbonyl (C=O) groups is 3. The molecule has 6 rings (SSSR count). The molecule has 2 aliphatic rings. The summed E-state index contributed by atoms with van der Waals surface area (Å²) in [5, 5.41) is 2.51. The molecule has 0 radical (unpaired) electrons. The number of carbonyl (C=O) groups excluding carboxylic acids is 3. The molecule has 0 bridgehead atoms. The predicted molar refractivity (Wildman–Crippen MR) is 156 cm³/mol. The number of thiazole rings is 1. The standard InChI is InChI=1S/C29H21BrFN3O4S2/c1-15-4-2-7-19(12-15)32-21(35)14-33-28-25(40-29(33)38)22(16-5-3-6-17(30)13-16)23-24(39-28)27(37)34(26(23)36)20-10-8-18(31)9-11-20/h2-13,22-24H,14H2,1H3,(H,32,35)/t22-,23-,24+/m0/s1. The molecule has 4 aromatic rings. The molecule has 3 aromatic carbocycles. The Morgan fingerprint density at radius 3 is 2.48 bits per heavy atom. The minimum Gasteiger partial charge on any atom is -0.325 e. The van der Waals surface area contributed by atoms with Gasteiger partial charge in [0, 0.05) is 21.0 Å². The van der Waals surface area contributed by atoms with E-state index in [-0.39, 0.29) is 23.0 Å². The summed E-state index contributed by atoms with van der Waals surface area (Å²) >= 11 is 5.62. The average molecular weight is 639 g/mol. The van der Waals surface area contributed by atoms with Crippen LogP contribution < -0.4 is 15.1 Å². The highest BCUT2D eigenvalue weighted by molar-refractivity contribution is 9.10. The number of rotatable bonds is 5. The fourth-order valence-corrected chi connectivity index (χ4v) is 8.42. The number of imide groups is 1. The van der Waals surface area contributed by atoms with E-state index in [1.807, 2.05) is 49.4 Å². The predicted octanol–water partition coefficient (Wildman–Crippen LogP) is 5.55. The molecular formula is C29H21BrFN3O4S2. The zero-order valence-electron chi connectivity index (χ0n) is 21.0. The molecule has 0 saturated carbocycles. The minimum atomic E-state index is -0.825. The Kier molecular flexibility index (Phi) is 6.97. The van der Waals surface area contributed by atoms with Gasteiger partial charge in [-0.15, -0.1) is 0 Å². The summed E-state index contributed by atoms with van der Waals surface area (Å²) in [5.41, 5.74) is 2.66. The number of hydrogen-bond acceptors (Lipinski definition) is 6. The van der Waals surface area contributed by atoms with Crippen LogP contribution in [0.1, 0.15) is 21.9 Å². The summed E-state index contributed by atoms with van der Waals surface area (Å²) in [6, 6.07) is 20.0. The second-order valence-corrected chi connectivity index (χ2v) is 12.7. The fraction of sp³-hybridized carbons (Fsp3) is 0.172. The van der Waals surface area contributed by atoms with Gasteiger partial charge in [0.2, 0.25) is 17.7 Å². The lowest BCUT2D eigenvalue weighted by Gasteiger charge is -2.30. The molecule has 0 unspecified atom stereocenters. The van der Waals surface area contributed by atoms with Crippen molar-refractivity contribution in [2.45, 2.75) is 29.7 Å². The first kappa shape index (κ1) is 26.7. The Bertz CT molecular complexity index is 1740. The number of aromatic nitrogens is 1. The zero-order valence-corrected chi connectivity index (χ0v) is 24.2.